The molecule has 0 unspecified atom stereocenters. The molecule has 104 valence electrons. The quantitative estimate of drug-likeness (QED) is 0.762. The van der Waals surface area contributed by atoms with Crippen LogP contribution in [0.3, 0.4) is 0 Å². The summed E-state index contributed by atoms with van der Waals surface area (Å²) in [6.07, 6.45) is 1.32. The van der Waals surface area contributed by atoms with E-state index >= 15 is 0 Å². The number of thiazole rings is 1. The van der Waals surface area contributed by atoms with Crippen LogP contribution in [0.4, 0.5) is 5.82 Å². The third-order valence-corrected chi connectivity index (χ3v) is 5.06. The van der Waals surface area contributed by atoms with Crippen molar-refractivity contribution in [2.24, 2.45) is 0 Å². The molecule has 7 heteroatoms. The van der Waals surface area contributed by atoms with E-state index in [0.717, 1.165) is 15.6 Å². The molecule has 0 spiro atoms. The third kappa shape index (κ3) is 2.20. The normalized spacial score (nSPS) is 17.0. The number of fused-ring (bicyclic) bond motifs is 1. The van der Waals surface area contributed by atoms with Crippen molar-refractivity contribution < 1.29 is 4.79 Å². The molecule has 3 aromatic heterocycles. The first-order chi connectivity index (χ1) is 10.3. The molecule has 0 radical (unpaired) electrons. The second-order valence-corrected chi connectivity index (χ2v) is 6.31. The van der Waals surface area contributed by atoms with E-state index in [-0.39, 0.29) is 12.1 Å². The van der Waals surface area contributed by atoms with Crippen LogP contribution in [0.15, 0.2) is 41.2 Å². The average Bonchev–Trinajstić information content (AvgIpc) is 3.18. The van der Waals surface area contributed by atoms with Crippen molar-refractivity contribution in [3.05, 3.63) is 52.5 Å². The number of amides is 1. The molecule has 0 bridgehead atoms. The van der Waals surface area contributed by atoms with Gasteiger partial charge in [0.2, 0.25) is 0 Å². The minimum atomic E-state index is -0.343. The lowest BCUT2D eigenvalue weighted by atomic mass is 10.2. The Morgan fingerprint density at radius 2 is 2.10 bits per heavy atom. The van der Waals surface area contributed by atoms with Gasteiger partial charge in [0, 0.05) is 11.6 Å². The molecule has 2 N–H and O–H groups in total. The highest BCUT2D eigenvalue weighted by Gasteiger charge is 2.26. The molecule has 1 atom stereocenters. The van der Waals surface area contributed by atoms with Gasteiger partial charge in [-0.1, -0.05) is 6.07 Å². The summed E-state index contributed by atoms with van der Waals surface area (Å²) in [4.78, 5) is 22.0. The zero-order valence-electron chi connectivity index (χ0n) is 10.7. The van der Waals surface area contributed by atoms with E-state index in [2.05, 4.69) is 20.6 Å². The summed E-state index contributed by atoms with van der Waals surface area (Å²) >= 11 is 3.22. The fourth-order valence-electron chi connectivity index (χ4n) is 2.17. The van der Waals surface area contributed by atoms with Crippen molar-refractivity contribution in [1.82, 2.24) is 15.3 Å². The summed E-state index contributed by atoms with van der Waals surface area (Å²) in [6, 6.07) is 7.54. The monoisotopic (exact) mass is 314 g/mol. The molecule has 0 aliphatic carbocycles. The highest BCUT2D eigenvalue weighted by Crippen LogP contribution is 2.31. The van der Waals surface area contributed by atoms with Gasteiger partial charge in [-0.05, 0) is 23.6 Å². The number of nitrogens with one attached hydrogen (secondary N) is 2. The van der Waals surface area contributed by atoms with Gasteiger partial charge in [0.1, 0.15) is 17.0 Å². The Labute approximate surface area is 128 Å². The topological polar surface area (TPSA) is 66.9 Å². The standard InChI is InChI=1S/C14H10N4OS2/c19-13-8-3-1-5-15-11(8)17-12(18-13)9-7-21-14(16-9)10-4-2-6-20-10/h1-7,12H,(H,15,17)(H,18,19)/t12-/m0/s1. The van der Waals surface area contributed by atoms with Gasteiger partial charge >= 0.3 is 0 Å². The average molecular weight is 314 g/mol. The molecule has 1 amide bonds. The number of anilines is 1. The highest BCUT2D eigenvalue weighted by molar-refractivity contribution is 7.20. The zero-order valence-corrected chi connectivity index (χ0v) is 12.4. The summed E-state index contributed by atoms with van der Waals surface area (Å²) in [5.74, 6) is 0.462. The van der Waals surface area contributed by atoms with Crippen LogP contribution in [0.2, 0.25) is 0 Å². The molecule has 4 heterocycles. The summed E-state index contributed by atoms with van der Waals surface area (Å²) in [5.41, 5.74) is 1.36. The van der Waals surface area contributed by atoms with Crippen LogP contribution in [0, 0.1) is 0 Å². The fraction of sp³-hybridized carbons (Fsp3) is 0.0714. The molecule has 4 rings (SSSR count). The lowest BCUT2D eigenvalue weighted by molar-refractivity contribution is 0.0934. The Balaban J connectivity index is 1.65. The molecule has 3 aromatic rings. The molecular formula is C14H10N4OS2. The smallest absolute Gasteiger partial charge is 0.256 e. The van der Waals surface area contributed by atoms with Crippen molar-refractivity contribution in [3.63, 3.8) is 0 Å². The molecule has 0 saturated heterocycles. The Morgan fingerprint density at radius 1 is 1.14 bits per heavy atom. The second-order valence-electron chi connectivity index (χ2n) is 4.51. The molecule has 0 aromatic carbocycles. The third-order valence-electron chi connectivity index (χ3n) is 3.16. The van der Waals surface area contributed by atoms with Crippen LogP contribution in [-0.4, -0.2) is 15.9 Å². The van der Waals surface area contributed by atoms with E-state index in [0.29, 0.717) is 11.4 Å². The van der Waals surface area contributed by atoms with Crippen LogP contribution < -0.4 is 10.6 Å². The number of nitrogens with zero attached hydrogens (tertiary/aromatic N) is 2. The van der Waals surface area contributed by atoms with E-state index in [1.165, 1.54) is 0 Å². The van der Waals surface area contributed by atoms with Crippen molar-refractivity contribution in [2.75, 3.05) is 5.32 Å². The maximum Gasteiger partial charge on any atom is 0.256 e. The maximum absolute atomic E-state index is 12.1. The molecular weight excluding hydrogens is 304 g/mol. The van der Waals surface area contributed by atoms with E-state index in [4.69, 9.17) is 0 Å². The van der Waals surface area contributed by atoms with Crippen molar-refractivity contribution in [2.45, 2.75) is 6.17 Å². The number of rotatable bonds is 2. The van der Waals surface area contributed by atoms with Gasteiger partial charge in [-0.15, -0.1) is 22.7 Å². The molecule has 21 heavy (non-hydrogen) atoms. The fourth-order valence-corrected chi connectivity index (χ4v) is 3.82. The van der Waals surface area contributed by atoms with Crippen LogP contribution >= 0.6 is 22.7 Å². The zero-order chi connectivity index (χ0) is 14.2. The number of pyridine rings is 1. The molecule has 1 aliphatic heterocycles. The minimum Gasteiger partial charge on any atom is -0.344 e. The van der Waals surface area contributed by atoms with Crippen LogP contribution in [0.25, 0.3) is 9.88 Å². The van der Waals surface area contributed by atoms with Gasteiger partial charge in [0.05, 0.1) is 16.1 Å². The van der Waals surface area contributed by atoms with Crippen LogP contribution in [-0.2, 0) is 0 Å². The van der Waals surface area contributed by atoms with E-state index in [1.807, 2.05) is 22.9 Å². The second kappa shape index (κ2) is 4.94. The Morgan fingerprint density at radius 3 is 2.95 bits per heavy atom. The highest BCUT2D eigenvalue weighted by atomic mass is 32.1. The van der Waals surface area contributed by atoms with Crippen LogP contribution in [0.1, 0.15) is 22.2 Å². The molecule has 0 fully saturated rings. The first-order valence-corrected chi connectivity index (χ1v) is 8.09. The Kier molecular flexibility index (Phi) is 2.94. The summed E-state index contributed by atoms with van der Waals surface area (Å²) in [6.45, 7) is 0. The number of carbonyl (C=O) groups excluding carboxylic acids is 1. The van der Waals surface area contributed by atoms with E-state index in [1.54, 1.807) is 41.0 Å². The number of carbonyl (C=O) groups is 1. The van der Waals surface area contributed by atoms with Crippen molar-refractivity contribution >= 4 is 34.4 Å². The van der Waals surface area contributed by atoms with Gasteiger partial charge in [0.15, 0.2) is 0 Å². The largest absolute Gasteiger partial charge is 0.344 e. The van der Waals surface area contributed by atoms with E-state index in [9.17, 15) is 4.79 Å². The van der Waals surface area contributed by atoms with Crippen molar-refractivity contribution in [1.29, 1.82) is 0 Å². The Bertz CT molecular complexity index is 797. The minimum absolute atomic E-state index is 0.132. The van der Waals surface area contributed by atoms with Crippen LogP contribution in [0.5, 0.6) is 0 Å². The lowest BCUT2D eigenvalue weighted by Gasteiger charge is -2.25. The van der Waals surface area contributed by atoms with Crippen molar-refractivity contribution in [3.8, 4) is 9.88 Å². The lowest BCUT2D eigenvalue weighted by Crippen LogP contribution is -2.39. The van der Waals surface area contributed by atoms with Gasteiger partial charge in [-0.25, -0.2) is 9.97 Å². The maximum atomic E-state index is 12.1. The molecule has 0 saturated carbocycles. The molecule has 5 nitrogen and oxygen atoms in total. The Hall–Kier alpha value is -2.25. The number of hydrogen-bond donors (Lipinski definition) is 2. The first kappa shape index (κ1) is 12.5. The summed E-state index contributed by atoms with van der Waals surface area (Å²) in [7, 11) is 0. The SMILES string of the molecule is O=C1N[C@@H](c2csc(-c3cccs3)n2)Nc2ncccc21. The summed E-state index contributed by atoms with van der Waals surface area (Å²) < 4.78 is 0. The van der Waals surface area contributed by atoms with E-state index < -0.39 is 0 Å². The number of hydrogen-bond acceptors (Lipinski definition) is 6. The summed E-state index contributed by atoms with van der Waals surface area (Å²) in [5, 5.41) is 11.1. The van der Waals surface area contributed by atoms with Gasteiger partial charge in [-0.2, -0.15) is 0 Å². The predicted molar refractivity (Wildman–Crippen MR) is 83.5 cm³/mol. The van der Waals surface area contributed by atoms with Gasteiger partial charge in [-0.3, -0.25) is 4.79 Å². The first-order valence-electron chi connectivity index (χ1n) is 6.33. The molecule has 1 aliphatic rings. The predicted octanol–water partition coefficient (Wildman–Crippen LogP) is 3.12. The van der Waals surface area contributed by atoms with Gasteiger partial charge in [0.25, 0.3) is 5.91 Å². The number of thiophene rings is 1. The van der Waals surface area contributed by atoms with Gasteiger partial charge < -0.3 is 10.6 Å². The number of aromatic nitrogens is 2.